The topological polar surface area (TPSA) is 109 Å². The van der Waals surface area contributed by atoms with Crippen molar-refractivity contribution in [1.82, 2.24) is 4.98 Å². The first kappa shape index (κ1) is 16.5. The van der Waals surface area contributed by atoms with Crippen LogP contribution in [0.25, 0.3) is 11.3 Å². The van der Waals surface area contributed by atoms with E-state index < -0.39 is 34.6 Å². The van der Waals surface area contributed by atoms with Gasteiger partial charge in [0.2, 0.25) is 0 Å². The number of aromatic nitrogens is 1. The van der Waals surface area contributed by atoms with Crippen LogP contribution in [-0.2, 0) is 0 Å². The number of nitrogens with two attached hydrogens (primary N) is 1. The van der Waals surface area contributed by atoms with Crippen molar-refractivity contribution in [2.45, 2.75) is 0 Å². The van der Waals surface area contributed by atoms with E-state index >= 15 is 0 Å². The van der Waals surface area contributed by atoms with Gasteiger partial charge in [0.05, 0.1) is 29.1 Å². The minimum absolute atomic E-state index is 0.157. The van der Waals surface area contributed by atoms with E-state index in [1.165, 1.54) is 0 Å². The second-order valence-electron chi connectivity index (χ2n) is 4.31. The fourth-order valence-electron chi connectivity index (χ4n) is 1.89. The predicted octanol–water partition coefficient (Wildman–Crippen LogP) is 2.84. The summed E-state index contributed by atoms with van der Waals surface area (Å²) in [5.74, 6) is -4.57. The molecule has 0 unspecified atom stereocenters. The van der Waals surface area contributed by atoms with Crippen LogP contribution in [0.3, 0.4) is 0 Å². The van der Waals surface area contributed by atoms with Gasteiger partial charge in [-0.15, -0.1) is 0 Å². The maximum atomic E-state index is 14.4. The number of hydrogen-bond donors (Lipinski definition) is 2. The van der Waals surface area contributed by atoms with E-state index in [4.69, 9.17) is 27.7 Å². The number of methoxy groups -OCH3 is 1. The molecule has 118 valence electrons. The van der Waals surface area contributed by atoms with Gasteiger partial charge in [0.25, 0.3) is 0 Å². The molecule has 0 aliphatic heterocycles. The number of nitriles is 1. The molecular weight excluding hydrogens is 332 g/mol. The Kier molecular flexibility index (Phi) is 4.33. The van der Waals surface area contributed by atoms with Crippen LogP contribution in [-0.4, -0.2) is 23.2 Å². The Labute approximate surface area is 133 Å². The number of aromatic carboxylic acids is 1. The zero-order chi connectivity index (χ0) is 17.3. The number of pyridine rings is 1. The molecular formula is C14H8ClF2N3O3. The molecule has 23 heavy (non-hydrogen) atoms. The molecule has 2 aromatic rings. The molecule has 0 radical (unpaired) electrons. The molecule has 0 fully saturated rings. The minimum Gasteiger partial charge on any atom is -0.491 e. The number of carbonyl (C=O) groups is 1. The molecule has 0 spiro atoms. The quantitative estimate of drug-likeness (QED) is 0.889. The number of rotatable bonds is 3. The van der Waals surface area contributed by atoms with E-state index in [9.17, 15) is 13.6 Å². The molecule has 6 nitrogen and oxygen atoms in total. The SMILES string of the molecule is COc1c(F)c(C#N)cc(-c2cc(N)c(Cl)c(C(=O)O)n2)c1F. The highest BCUT2D eigenvalue weighted by Crippen LogP contribution is 2.35. The van der Waals surface area contributed by atoms with Gasteiger partial charge in [-0.3, -0.25) is 0 Å². The summed E-state index contributed by atoms with van der Waals surface area (Å²) >= 11 is 5.73. The number of ether oxygens (including phenoxy) is 1. The number of halogens is 3. The molecule has 1 aromatic carbocycles. The summed E-state index contributed by atoms with van der Waals surface area (Å²) in [5, 5.41) is 17.6. The third-order valence-corrected chi connectivity index (χ3v) is 3.35. The van der Waals surface area contributed by atoms with Gasteiger partial charge >= 0.3 is 5.97 Å². The van der Waals surface area contributed by atoms with Crippen LogP contribution in [0.4, 0.5) is 14.5 Å². The molecule has 3 N–H and O–H groups in total. The summed E-state index contributed by atoms with van der Waals surface area (Å²) in [5.41, 5.74) is 3.78. The Bertz CT molecular complexity index is 866. The fourth-order valence-corrected chi connectivity index (χ4v) is 2.07. The number of carboxylic acids is 1. The molecule has 2 rings (SSSR count). The highest BCUT2D eigenvalue weighted by atomic mass is 35.5. The van der Waals surface area contributed by atoms with Crippen LogP contribution < -0.4 is 10.5 Å². The number of benzene rings is 1. The second-order valence-corrected chi connectivity index (χ2v) is 4.69. The molecule has 0 saturated carbocycles. The van der Waals surface area contributed by atoms with E-state index in [0.717, 1.165) is 19.2 Å². The Balaban J connectivity index is 2.83. The zero-order valence-corrected chi connectivity index (χ0v) is 12.3. The van der Waals surface area contributed by atoms with Crippen LogP contribution in [0.5, 0.6) is 5.75 Å². The third-order valence-electron chi connectivity index (χ3n) is 2.95. The smallest absolute Gasteiger partial charge is 0.356 e. The lowest BCUT2D eigenvalue weighted by Crippen LogP contribution is -2.06. The van der Waals surface area contributed by atoms with Gasteiger partial charge in [-0.1, -0.05) is 11.6 Å². The first-order valence-electron chi connectivity index (χ1n) is 5.97. The molecule has 0 atom stereocenters. The van der Waals surface area contributed by atoms with Crippen molar-refractivity contribution in [2.24, 2.45) is 0 Å². The largest absolute Gasteiger partial charge is 0.491 e. The van der Waals surface area contributed by atoms with Crippen LogP contribution in [0, 0.1) is 23.0 Å². The van der Waals surface area contributed by atoms with Crippen LogP contribution >= 0.6 is 11.6 Å². The molecule has 0 bridgehead atoms. The third kappa shape index (κ3) is 2.74. The van der Waals surface area contributed by atoms with Crippen molar-refractivity contribution in [3.05, 3.63) is 40.0 Å². The van der Waals surface area contributed by atoms with Crippen molar-refractivity contribution in [2.75, 3.05) is 12.8 Å². The van der Waals surface area contributed by atoms with Crippen molar-refractivity contribution in [3.63, 3.8) is 0 Å². The van der Waals surface area contributed by atoms with Crippen molar-refractivity contribution in [3.8, 4) is 23.1 Å². The molecule has 1 aromatic heterocycles. The average Bonchev–Trinajstić information content (AvgIpc) is 2.50. The summed E-state index contributed by atoms with van der Waals surface area (Å²) in [7, 11) is 1.03. The van der Waals surface area contributed by atoms with Gasteiger partial charge in [-0.05, 0) is 12.1 Å². The molecule has 1 heterocycles. The Morgan fingerprint density at radius 1 is 1.43 bits per heavy atom. The van der Waals surface area contributed by atoms with Crippen LogP contribution in [0.15, 0.2) is 12.1 Å². The number of hydrogen-bond acceptors (Lipinski definition) is 5. The Morgan fingerprint density at radius 3 is 2.61 bits per heavy atom. The molecule has 9 heteroatoms. The van der Waals surface area contributed by atoms with Gasteiger partial charge in [-0.25, -0.2) is 18.6 Å². The van der Waals surface area contributed by atoms with E-state index in [1.807, 2.05) is 0 Å². The maximum Gasteiger partial charge on any atom is 0.356 e. The van der Waals surface area contributed by atoms with Crippen molar-refractivity contribution in [1.29, 1.82) is 5.26 Å². The number of anilines is 1. The maximum absolute atomic E-state index is 14.4. The van der Waals surface area contributed by atoms with Gasteiger partial charge in [-0.2, -0.15) is 5.26 Å². The molecule has 0 aliphatic rings. The van der Waals surface area contributed by atoms with Gasteiger partial charge in [0, 0.05) is 5.56 Å². The van der Waals surface area contributed by atoms with Crippen molar-refractivity contribution < 1.29 is 23.4 Å². The van der Waals surface area contributed by atoms with Gasteiger partial charge < -0.3 is 15.6 Å². The highest BCUT2D eigenvalue weighted by molar-refractivity contribution is 6.35. The molecule has 0 saturated heterocycles. The van der Waals surface area contributed by atoms with E-state index in [2.05, 4.69) is 9.72 Å². The lowest BCUT2D eigenvalue weighted by atomic mass is 10.0. The van der Waals surface area contributed by atoms with E-state index in [1.54, 1.807) is 6.07 Å². The number of carboxylic acid groups (broad SMARTS) is 1. The van der Waals surface area contributed by atoms with E-state index in [-0.39, 0.29) is 22.0 Å². The lowest BCUT2D eigenvalue weighted by Gasteiger charge is -2.11. The first-order chi connectivity index (χ1) is 10.8. The van der Waals surface area contributed by atoms with Crippen LogP contribution in [0.1, 0.15) is 16.1 Å². The number of nitrogens with zero attached hydrogens (tertiary/aromatic N) is 2. The summed E-state index contributed by atoms with van der Waals surface area (Å²) in [6.45, 7) is 0. The van der Waals surface area contributed by atoms with Crippen molar-refractivity contribution >= 4 is 23.3 Å². The fraction of sp³-hybridized carbons (Fsp3) is 0.0714. The first-order valence-corrected chi connectivity index (χ1v) is 6.35. The summed E-state index contributed by atoms with van der Waals surface area (Å²) < 4.78 is 32.8. The highest BCUT2D eigenvalue weighted by Gasteiger charge is 2.23. The Hall–Kier alpha value is -2.92. The van der Waals surface area contributed by atoms with Gasteiger partial charge in [0.1, 0.15) is 6.07 Å². The van der Waals surface area contributed by atoms with Gasteiger partial charge in [0.15, 0.2) is 23.1 Å². The second kappa shape index (κ2) is 6.06. The zero-order valence-electron chi connectivity index (χ0n) is 11.5. The summed E-state index contributed by atoms with van der Waals surface area (Å²) in [4.78, 5) is 14.8. The molecule has 0 amide bonds. The predicted molar refractivity (Wildman–Crippen MR) is 77.2 cm³/mol. The van der Waals surface area contributed by atoms with E-state index in [0.29, 0.717) is 0 Å². The summed E-state index contributed by atoms with van der Waals surface area (Å²) in [6, 6.07) is 3.55. The van der Waals surface area contributed by atoms with Crippen LogP contribution in [0.2, 0.25) is 5.02 Å². The molecule has 0 aliphatic carbocycles. The average molecular weight is 340 g/mol. The standard InChI is InChI=1S/C14H8ClF2N3O3/c1-23-13-10(16)5(4-18)2-6(11(13)17)8-3-7(19)9(15)12(20-8)14(21)22/h2-3H,1H3,(H2,19,20)(H,21,22). The lowest BCUT2D eigenvalue weighted by molar-refractivity contribution is 0.0691. The summed E-state index contributed by atoms with van der Waals surface area (Å²) in [6.07, 6.45) is 0. The monoisotopic (exact) mass is 339 g/mol. The Morgan fingerprint density at radius 2 is 2.09 bits per heavy atom. The minimum atomic E-state index is -1.47. The number of nitrogen functional groups attached to an aromatic ring is 1. The normalized spacial score (nSPS) is 10.2.